The van der Waals surface area contributed by atoms with Crippen LogP contribution >= 0.6 is 11.3 Å². The molecule has 1 aromatic carbocycles. The number of pyridine rings is 1. The molecular formula is C22H25N5O4S. The van der Waals surface area contributed by atoms with E-state index in [9.17, 15) is 19.5 Å². The van der Waals surface area contributed by atoms with Crippen LogP contribution in [0.25, 0.3) is 0 Å². The van der Waals surface area contributed by atoms with Crippen LogP contribution in [0.3, 0.4) is 0 Å². The third-order valence-corrected chi connectivity index (χ3v) is 6.95. The van der Waals surface area contributed by atoms with Gasteiger partial charge in [0.05, 0.1) is 27.3 Å². The molecule has 0 aliphatic heterocycles. The van der Waals surface area contributed by atoms with Crippen molar-refractivity contribution in [2.24, 2.45) is 5.41 Å². The van der Waals surface area contributed by atoms with Gasteiger partial charge in [-0.15, -0.1) is 11.3 Å². The van der Waals surface area contributed by atoms with E-state index in [1.165, 1.54) is 17.2 Å². The van der Waals surface area contributed by atoms with Crippen LogP contribution in [0.1, 0.15) is 52.4 Å². The third kappa shape index (κ3) is 3.54. The first-order valence-corrected chi connectivity index (χ1v) is 11.1. The Morgan fingerprint density at radius 2 is 1.94 bits per heavy atom. The maximum Gasteiger partial charge on any atom is 0.275 e. The predicted molar refractivity (Wildman–Crippen MR) is 124 cm³/mol. The van der Waals surface area contributed by atoms with Gasteiger partial charge in [-0.05, 0) is 31.2 Å². The van der Waals surface area contributed by atoms with E-state index in [4.69, 9.17) is 0 Å². The fourth-order valence-corrected chi connectivity index (χ4v) is 5.18. The van der Waals surface area contributed by atoms with Gasteiger partial charge in [-0.1, -0.05) is 13.8 Å². The molecule has 1 aliphatic rings. The molecule has 1 amide bonds. The van der Waals surface area contributed by atoms with E-state index in [1.807, 2.05) is 6.92 Å². The average Bonchev–Trinajstić information content (AvgIpc) is 3.12. The van der Waals surface area contributed by atoms with Crippen molar-refractivity contribution in [3.63, 3.8) is 0 Å². The molecule has 2 heterocycles. The summed E-state index contributed by atoms with van der Waals surface area (Å²) < 4.78 is 0. The van der Waals surface area contributed by atoms with Gasteiger partial charge in [0, 0.05) is 20.3 Å². The highest BCUT2D eigenvalue weighted by molar-refractivity contribution is 7.11. The lowest BCUT2D eigenvalue weighted by Crippen LogP contribution is -2.41. The molecule has 168 valence electrons. The summed E-state index contributed by atoms with van der Waals surface area (Å²) in [4.78, 5) is 48.0. The third-order valence-electron chi connectivity index (χ3n) is 5.88. The van der Waals surface area contributed by atoms with Crippen molar-refractivity contribution in [2.75, 3.05) is 24.7 Å². The number of amides is 1. The van der Waals surface area contributed by atoms with Crippen molar-refractivity contribution in [1.82, 2.24) is 14.9 Å². The van der Waals surface area contributed by atoms with Gasteiger partial charge in [0.1, 0.15) is 11.4 Å². The molecule has 1 aliphatic carbocycles. The second kappa shape index (κ2) is 7.70. The van der Waals surface area contributed by atoms with Crippen molar-refractivity contribution in [3.8, 4) is 5.75 Å². The SMILES string of the molecule is Cc1nc2c(s1)[C@H](Nc1c(Nc3ccnc(C(=O)N(C)C)c3O)c(=O)c1=O)C(C)(C)CC2. The molecule has 0 radical (unpaired) electrons. The number of aryl methyl sites for hydroxylation is 2. The van der Waals surface area contributed by atoms with Gasteiger partial charge >= 0.3 is 0 Å². The molecule has 2 aromatic heterocycles. The molecule has 0 bridgehead atoms. The molecule has 0 saturated heterocycles. The number of nitrogens with one attached hydrogen (secondary N) is 2. The number of aromatic nitrogens is 2. The highest BCUT2D eigenvalue weighted by Crippen LogP contribution is 2.47. The zero-order valence-electron chi connectivity index (χ0n) is 18.6. The van der Waals surface area contributed by atoms with Crippen LogP contribution in [-0.4, -0.2) is 40.0 Å². The van der Waals surface area contributed by atoms with Crippen LogP contribution in [-0.2, 0) is 6.42 Å². The molecule has 32 heavy (non-hydrogen) atoms. The van der Waals surface area contributed by atoms with E-state index in [-0.39, 0.29) is 40.0 Å². The van der Waals surface area contributed by atoms with Crippen LogP contribution < -0.4 is 21.5 Å². The van der Waals surface area contributed by atoms with Crippen molar-refractivity contribution >= 4 is 34.3 Å². The van der Waals surface area contributed by atoms with E-state index < -0.39 is 16.8 Å². The summed E-state index contributed by atoms with van der Waals surface area (Å²) in [5, 5.41) is 17.6. The van der Waals surface area contributed by atoms with Crippen molar-refractivity contribution in [2.45, 2.75) is 39.7 Å². The van der Waals surface area contributed by atoms with E-state index >= 15 is 0 Å². The first kappa shape index (κ1) is 21.9. The van der Waals surface area contributed by atoms with Crippen LogP contribution in [0.4, 0.5) is 17.1 Å². The maximum atomic E-state index is 12.5. The number of hydrogen-bond donors (Lipinski definition) is 3. The smallest absolute Gasteiger partial charge is 0.275 e. The fraction of sp³-hybridized carbons (Fsp3) is 0.409. The molecule has 0 spiro atoms. The summed E-state index contributed by atoms with van der Waals surface area (Å²) >= 11 is 1.59. The molecule has 0 saturated carbocycles. The summed E-state index contributed by atoms with van der Waals surface area (Å²) in [5.74, 6) is -0.866. The number of hydrogen-bond acceptors (Lipinski definition) is 9. The lowest BCUT2D eigenvalue weighted by molar-refractivity contribution is 0.0819. The lowest BCUT2D eigenvalue weighted by Gasteiger charge is -2.39. The summed E-state index contributed by atoms with van der Waals surface area (Å²) in [5.41, 5.74) is -0.228. The Kier molecular flexibility index (Phi) is 5.28. The number of anilines is 3. The lowest BCUT2D eigenvalue weighted by atomic mass is 9.74. The summed E-state index contributed by atoms with van der Waals surface area (Å²) in [7, 11) is 3.09. The summed E-state index contributed by atoms with van der Waals surface area (Å²) in [6, 6.07) is 1.26. The number of rotatable bonds is 5. The monoisotopic (exact) mass is 455 g/mol. The molecule has 10 heteroatoms. The number of carbonyl (C=O) groups is 1. The minimum atomic E-state index is -0.682. The molecule has 0 unspecified atom stereocenters. The Balaban J connectivity index is 1.68. The first-order valence-electron chi connectivity index (χ1n) is 10.2. The quantitative estimate of drug-likeness (QED) is 0.502. The second-order valence-corrected chi connectivity index (χ2v) is 10.1. The summed E-state index contributed by atoms with van der Waals surface area (Å²) in [6.07, 6.45) is 3.11. The topological polar surface area (TPSA) is 125 Å². The van der Waals surface area contributed by atoms with E-state index in [2.05, 4.69) is 34.4 Å². The number of aromatic hydroxyl groups is 1. The minimum Gasteiger partial charge on any atom is -0.504 e. The number of fused-ring (bicyclic) bond motifs is 1. The average molecular weight is 456 g/mol. The molecule has 3 aromatic rings. The van der Waals surface area contributed by atoms with Crippen LogP contribution in [0, 0.1) is 12.3 Å². The van der Waals surface area contributed by atoms with Gasteiger partial charge in [0.15, 0.2) is 11.4 Å². The first-order chi connectivity index (χ1) is 15.0. The summed E-state index contributed by atoms with van der Waals surface area (Å²) in [6.45, 7) is 6.19. The standard InChI is InChI=1S/C22H25N5O4S/c1-10-24-12-6-8-22(2,3)20(19(12)32-10)26-14-13(17(29)18(14)30)25-11-7-9-23-15(16(11)28)21(31)27(4)5/h7,9,20,26,28H,6,8H2,1-5H3,(H,23,25)/t20-/m0/s1. The van der Waals surface area contributed by atoms with E-state index in [1.54, 1.807) is 25.4 Å². The zero-order chi connectivity index (χ0) is 23.4. The molecule has 3 N–H and O–H groups in total. The zero-order valence-corrected chi connectivity index (χ0v) is 19.4. The molecule has 0 fully saturated rings. The molecule has 4 rings (SSSR count). The Morgan fingerprint density at radius 3 is 2.62 bits per heavy atom. The van der Waals surface area contributed by atoms with Gasteiger partial charge in [0.2, 0.25) is 0 Å². The van der Waals surface area contributed by atoms with Crippen molar-refractivity contribution in [1.29, 1.82) is 0 Å². The Bertz CT molecular complexity index is 1290. The van der Waals surface area contributed by atoms with Gasteiger partial charge in [-0.3, -0.25) is 14.4 Å². The van der Waals surface area contributed by atoms with Crippen LogP contribution in [0.2, 0.25) is 0 Å². The largest absolute Gasteiger partial charge is 0.504 e. The van der Waals surface area contributed by atoms with Crippen molar-refractivity contribution in [3.05, 3.63) is 54.0 Å². The van der Waals surface area contributed by atoms with E-state index in [0.29, 0.717) is 0 Å². The van der Waals surface area contributed by atoms with Crippen molar-refractivity contribution < 1.29 is 9.90 Å². The van der Waals surface area contributed by atoms with Crippen LogP contribution in [0.15, 0.2) is 21.9 Å². The molecule has 9 nitrogen and oxygen atoms in total. The Hall–Kier alpha value is -3.27. The van der Waals surface area contributed by atoms with Crippen LogP contribution in [0.5, 0.6) is 5.75 Å². The molecule has 1 atom stereocenters. The normalized spacial score (nSPS) is 17.1. The Morgan fingerprint density at radius 1 is 1.25 bits per heavy atom. The molecular weight excluding hydrogens is 430 g/mol. The van der Waals surface area contributed by atoms with E-state index in [0.717, 1.165) is 28.4 Å². The second-order valence-electron chi connectivity index (χ2n) is 8.90. The predicted octanol–water partition coefficient (Wildman–Crippen LogP) is 2.72. The highest BCUT2D eigenvalue weighted by Gasteiger charge is 2.40. The van der Waals surface area contributed by atoms with Gasteiger partial charge in [-0.25, -0.2) is 9.97 Å². The number of nitrogens with zero attached hydrogens (tertiary/aromatic N) is 3. The minimum absolute atomic E-state index is 0.0592. The highest BCUT2D eigenvalue weighted by atomic mass is 32.1. The maximum absolute atomic E-state index is 12.5. The number of thiazole rings is 1. The van der Waals surface area contributed by atoms with Gasteiger partial charge in [-0.2, -0.15) is 0 Å². The fourth-order valence-electron chi connectivity index (χ4n) is 3.94. The van der Waals surface area contributed by atoms with Gasteiger partial charge in [0.25, 0.3) is 16.8 Å². The van der Waals surface area contributed by atoms with Gasteiger partial charge < -0.3 is 20.6 Å². The number of carbonyl (C=O) groups excluding carboxylic acids is 1. The Labute approximate surface area is 188 Å².